The molecule has 0 atom stereocenters. The Morgan fingerprint density at radius 1 is 0.870 bits per heavy atom. The van der Waals surface area contributed by atoms with E-state index >= 15 is 0 Å². The highest BCUT2D eigenvalue weighted by Crippen LogP contribution is 2.19. The van der Waals surface area contributed by atoms with Gasteiger partial charge in [-0.2, -0.15) is 15.0 Å². The minimum atomic E-state index is 0.217. The van der Waals surface area contributed by atoms with Crippen LogP contribution in [0.1, 0.15) is 13.8 Å². The van der Waals surface area contributed by atoms with Crippen LogP contribution in [0.4, 0.5) is 17.6 Å². The molecule has 0 aliphatic rings. The maximum Gasteiger partial charge on any atom is 0.232 e. The fourth-order valence-corrected chi connectivity index (χ4v) is 1.96. The van der Waals surface area contributed by atoms with Crippen LogP contribution in [0.15, 0.2) is 49.1 Å². The lowest BCUT2D eigenvalue weighted by molar-refractivity contribution is 0.869. The van der Waals surface area contributed by atoms with E-state index < -0.39 is 0 Å². The Hall–Kier alpha value is -3.09. The van der Waals surface area contributed by atoms with E-state index in [2.05, 4.69) is 35.6 Å². The number of aromatic nitrogens is 5. The van der Waals surface area contributed by atoms with Crippen molar-refractivity contribution in [1.29, 1.82) is 0 Å². The Labute approximate surface area is 134 Å². The van der Waals surface area contributed by atoms with E-state index in [0.717, 1.165) is 5.56 Å². The number of nitrogens with zero attached hydrogens (tertiary/aromatic N) is 5. The van der Waals surface area contributed by atoms with Gasteiger partial charge in [0.15, 0.2) is 5.82 Å². The van der Waals surface area contributed by atoms with E-state index in [1.807, 2.05) is 44.2 Å². The molecule has 116 valence electrons. The first-order chi connectivity index (χ1) is 11.2. The van der Waals surface area contributed by atoms with Crippen LogP contribution in [-0.2, 0) is 0 Å². The molecule has 2 heterocycles. The van der Waals surface area contributed by atoms with Crippen LogP contribution >= 0.6 is 0 Å². The van der Waals surface area contributed by atoms with Crippen molar-refractivity contribution in [3.8, 4) is 11.4 Å². The molecule has 23 heavy (non-hydrogen) atoms. The number of anilines is 3. The molecule has 3 rings (SSSR count). The molecular weight excluding hydrogens is 290 g/mol. The zero-order valence-electron chi connectivity index (χ0n) is 12.9. The van der Waals surface area contributed by atoms with Gasteiger partial charge < -0.3 is 10.6 Å². The molecule has 2 N–H and O–H groups in total. The van der Waals surface area contributed by atoms with Crippen LogP contribution in [0, 0.1) is 0 Å². The molecular formula is C16H17N7. The highest BCUT2D eigenvalue weighted by atomic mass is 15.2. The van der Waals surface area contributed by atoms with E-state index in [9.17, 15) is 0 Å². The van der Waals surface area contributed by atoms with Gasteiger partial charge in [-0.3, -0.25) is 0 Å². The van der Waals surface area contributed by atoms with Crippen molar-refractivity contribution >= 4 is 17.6 Å². The summed E-state index contributed by atoms with van der Waals surface area (Å²) in [5, 5.41) is 6.31. The van der Waals surface area contributed by atoms with Gasteiger partial charge in [-0.1, -0.05) is 30.3 Å². The molecule has 0 aliphatic carbocycles. The summed E-state index contributed by atoms with van der Waals surface area (Å²) in [5.74, 6) is 1.56. The average molecular weight is 307 g/mol. The van der Waals surface area contributed by atoms with E-state index in [0.29, 0.717) is 23.4 Å². The molecule has 0 amide bonds. The number of benzene rings is 1. The molecule has 0 aliphatic heterocycles. The Bertz CT molecular complexity index is 760. The first-order valence-corrected chi connectivity index (χ1v) is 7.31. The summed E-state index contributed by atoms with van der Waals surface area (Å²) >= 11 is 0. The largest absolute Gasteiger partial charge is 0.352 e. The SMILES string of the molecule is CC(C)Nc1nc(Nc2cncnc2)nc(-c2ccccc2)n1. The molecule has 7 nitrogen and oxygen atoms in total. The maximum atomic E-state index is 4.48. The van der Waals surface area contributed by atoms with Crippen molar-refractivity contribution < 1.29 is 0 Å². The van der Waals surface area contributed by atoms with Crippen LogP contribution < -0.4 is 10.6 Å². The third-order valence-electron chi connectivity index (χ3n) is 2.90. The Balaban J connectivity index is 1.98. The summed E-state index contributed by atoms with van der Waals surface area (Å²) in [7, 11) is 0. The third-order valence-corrected chi connectivity index (χ3v) is 2.90. The zero-order valence-corrected chi connectivity index (χ0v) is 12.9. The predicted molar refractivity (Wildman–Crippen MR) is 89.3 cm³/mol. The topological polar surface area (TPSA) is 88.5 Å². The second-order valence-electron chi connectivity index (χ2n) is 5.22. The van der Waals surface area contributed by atoms with Crippen LogP contribution in [0.3, 0.4) is 0 Å². The summed E-state index contributed by atoms with van der Waals surface area (Å²) in [6.45, 7) is 4.06. The second kappa shape index (κ2) is 6.78. The highest BCUT2D eigenvalue weighted by molar-refractivity contribution is 5.60. The third kappa shape index (κ3) is 3.97. The minimum Gasteiger partial charge on any atom is -0.352 e. The fraction of sp³-hybridized carbons (Fsp3) is 0.188. The fourth-order valence-electron chi connectivity index (χ4n) is 1.96. The van der Waals surface area contributed by atoms with Crippen molar-refractivity contribution in [3.05, 3.63) is 49.1 Å². The summed E-state index contributed by atoms with van der Waals surface area (Å²) in [4.78, 5) is 21.3. The van der Waals surface area contributed by atoms with Crippen molar-refractivity contribution in [2.24, 2.45) is 0 Å². The number of rotatable bonds is 5. The van der Waals surface area contributed by atoms with Gasteiger partial charge in [-0.25, -0.2) is 9.97 Å². The number of hydrogen-bond donors (Lipinski definition) is 2. The van der Waals surface area contributed by atoms with Crippen molar-refractivity contribution in [2.75, 3.05) is 10.6 Å². The normalized spacial score (nSPS) is 10.6. The monoisotopic (exact) mass is 307 g/mol. The van der Waals surface area contributed by atoms with Gasteiger partial charge in [0.2, 0.25) is 11.9 Å². The lowest BCUT2D eigenvalue weighted by Gasteiger charge is -2.12. The number of nitrogens with one attached hydrogen (secondary N) is 2. The first kappa shape index (κ1) is 14.8. The molecule has 0 saturated carbocycles. The summed E-state index contributed by atoms with van der Waals surface area (Å²) in [6.07, 6.45) is 4.79. The van der Waals surface area contributed by atoms with Crippen molar-refractivity contribution in [1.82, 2.24) is 24.9 Å². The maximum absolute atomic E-state index is 4.48. The number of hydrogen-bond acceptors (Lipinski definition) is 7. The van der Waals surface area contributed by atoms with Gasteiger partial charge in [0.25, 0.3) is 0 Å². The first-order valence-electron chi connectivity index (χ1n) is 7.31. The van der Waals surface area contributed by atoms with Gasteiger partial charge in [0.1, 0.15) is 6.33 Å². The zero-order chi connectivity index (χ0) is 16.1. The minimum absolute atomic E-state index is 0.217. The van der Waals surface area contributed by atoms with Crippen molar-refractivity contribution in [3.63, 3.8) is 0 Å². The molecule has 0 fully saturated rings. The van der Waals surface area contributed by atoms with Gasteiger partial charge in [0, 0.05) is 11.6 Å². The van der Waals surface area contributed by atoms with E-state index in [1.54, 1.807) is 12.4 Å². The van der Waals surface area contributed by atoms with Gasteiger partial charge in [0.05, 0.1) is 18.1 Å². The molecule has 0 radical (unpaired) electrons. The molecule has 2 aromatic heterocycles. The standard InChI is InChI=1S/C16H17N7/c1-11(2)19-15-21-14(12-6-4-3-5-7-12)22-16(23-15)20-13-8-17-10-18-9-13/h3-11H,1-2H3,(H2,19,20,21,22,23). The Morgan fingerprint density at radius 3 is 2.26 bits per heavy atom. The predicted octanol–water partition coefficient (Wildman–Crippen LogP) is 2.89. The molecule has 3 aromatic rings. The van der Waals surface area contributed by atoms with Gasteiger partial charge in [-0.05, 0) is 13.8 Å². The molecule has 0 saturated heterocycles. The van der Waals surface area contributed by atoms with Crippen LogP contribution in [0.25, 0.3) is 11.4 Å². The molecule has 0 unspecified atom stereocenters. The quantitative estimate of drug-likeness (QED) is 0.749. The van der Waals surface area contributed by atoms with Crippen LogP contribution in [0.2, 0.25) is 0 Å². The van der Waals surface area contributed by atoms with E-state index in [4.69, 9.17) is 0 Å². The highest BCUT2D eigenvalue weighted by Gasteiger charge is 2.09. The summed E-state index contributed by atoms with van der Waals surface area (Å²) in [5.41, 5.74) is 1.64. The van der Waals surface area contributed by atoms with Gasteiger partial charge in [-0.15, -0.1) is 0 Å². The summed E-state index contributed by atoms with van der Waals surface area (Å²) in [6, 6.07) is 10.0. The van der Waals surface area contributed by atoms with Crippen LogP contribution in [-0.4, -0.2) is 31.0 Å². The molecule has 0 spiro atoms. The lowest BCUT2D eigenvalue weighted by atomic mass is 10.2. The van der Waals surface area contributed by atoms with Crippen molar-refractivity contribution in [2.45, 2.75) is 19.9 Å². The lowest BCUT2D eigenvalue weighted by Crippen LogP contribution is -2.14. The molecule has 1 aromatic carbocycles. The Kier molecular flexibility index (Phi) is 4.37. The Morgan fingerprint density at radius 2 is 1.57 bits per heavy atom. The van der Waals surface area contributed by atoms with Gasteiger partial charge >= 0.3 is 0 Å². The second-order valence-corrected chi connectivity index (χ2v) is 5.22. The molecule has 0 bridgehead atoms. The molecule has 7 heteroatoms. The van der Waals surface area contributed by atoms with E-state index in [-0.39, 0.29) is 6.04 Å². The smallest absolute Gasteiger partial charge is 0.232 e. The van der Waals surface area contributed by atoms with Crippen LogP contribution in [0.5, 0.6) is 0 Å². The summed E-state index contributed by atoms with van der Waals surface area (Å²) < 4.78 is 0. The average Bonchev–Trinajstić information content (AvgIpc) is 2.56. The van der Waals surface area contributed by atoms with E-state index in [1.165, 1.54) is 6.33 Å².